The van der Waals surface area contributed by atoms with Gasteiger partial charge < -0.3 is 4.74 Å². The van der Waals surface area contributed by atoms with Gasteiger partial charge in [-0.25, -0.2) is 4.79 Å². The van der Waals surface area contributed by atoms with Crippen molar-refractivity contribution in [1.82, 2.24) is 0 Å². The largest absolute Gasteiger partial charge is 0.422 e. The Labute approximate surface area is 121 Å². The number of ether oxygens (including phenoxy) is 1. The second-order valence-corrected chi connectivity index (χ2v) is 4.81. The predicted molar refractivity (Wildman–Crippen MR) is 70.5 cm³/mol. The average molecular weight is 345 g/mol. The summed E-state index contributed by atoms with van der Waals surface area (Å²) >= 11 is 3.20. The van der Waals surface area contributed by atoms with Crippen molar-refractivity contribution < 1.29 is 22.7 Å². The summed E-state index contributed by atoms with van der Waals surface area (Å²) in [4.78, 5) is 11.8. The predicted octanol–water partition coefficient (Wildman–Crippen LogP) is 4.69. The molecule has 0 aliphatic carbocycles. The first-order chi connectivity index (χ1) is 9.38. The number of esters is 1. The monoisotopic (exact) mass is 344 g/mol. The molecule has 0 saturated heterocycles. The molecular formula is C14H8BrF3O2. The second-order valence-electron chi connectivity index (χ2n) is 3.89. The number of para-hydroxylation sites is 1. The van der Waals surface area contributed by atoms with Gasteiger partial charge in [0.05, 0.1) is 11.1 Å². The van der Waals surface area contributed by atoms with Crippen LogP contribution in [-0.2, 0) is 6.18 Å². The van der Waals surface area contributed by atoms with Gasteiger partial charge in [-0.2, -0.15) is 13.2 Å². The fraction of sp³-hybridized carbons (Fsp3) is 0.0714. The van der Waals surface area contributed by atoms with Gasteiger partial charge in [0.25, 0.3) is 0 Å². The van der Waals surface area contributed by atoms with E-state index in [4.69, 9.17) is 4.74 Å². The van der Waals surface area contributed by atoms with E-state index in [1.165, 1.54) is 24.3 Å². The SMILES string of the molecule is O=C(Oc1ccccc1C(F)(F)F)c1ccc(Br)cc1. The summed E-state index contributed by atoms with van der Waals surface area (Å²) in [6.45, 7) is 0. The first kappa shape index (κ1) is 14.6. The molecule has 0 saturated carbocycles. The Kier molecular flexibility index (Phi) is 4.13. The van der Waals surface area contributed by atoms with Crippen molar-refractivity contribution in [2.45, 2.75) is 6.18 Å². The molecule has 0 aliphatic heterocycles. The topological polar surface area (TPSA) is 26.3 Å². The minimum atomic E-state index is -4.57. The first-order valence-electron chi connectivity index (χ1n) is 5.52. The summed E-state index contributed by atoms with van der Waals surface area (Å²) in [5, 5.41) is 0. The fourth-order valence-electron chi connectivity index (χ4n) is 1.53. The first-order valence-corrected chi connectivity index (χ1v) is 6.31. The summed E-state index contributed by atoms with van der Waals surface area (Å²) < 4.78 is 43.8. The van der Waals surface area contributed by atoms with Crippen molar-refractivity contribution in [3.8, 4) is 5.75 Å². The van der Waals surface area contributed by atoms with Gasteiger partial charge in [0.15, 0.2) is 0 Å². The highest BCUT2D eigenvalue weighted by Crippen LogP contribution is 2.36. The second kappa shape index (κ2) is 5.66. The molecule has 0 fully saturated rings. The lowest BCUT2D eigenvalue weighted by molar-refractivity contribution is -0.138. The van der Waals surface area contributed by atoms with E-state index in [2.05, 4.69) is 15.9 Å². The third-order valence-electron chi connectivity index (χ3n) is 2.48. The van der Waals surface area contributed by atoms with Gasteiger partial charge >= 0.3 is 12.1 Å². The maximum absolute atomic E-state index is 12.8. The molecule has 0 N–H and O–H groups in total. The zero-order valence-electron chi connectivity index (χ0n) is 9.95. The Morgan fingerprint density at radius 1 is 1.00 bits per heavy atom. The molecule has 2 nitrogen and oxygen atoms in total. The number of carbonyl (C=O) groups is 1. The summed E-state index contributed by atoms with van der Waals surface area (Å²) in [5.41, 5.74) is -0.810. The molecule has 6 heteroatoms. The van der Waals surface area contributed by atoms with Crippen LogP contribution in [0.25, 0.3) is 0 Å². The van der Waals surface area contributed by atoms with Crippen LogP contribution in [0, 0.1) is 0 Å². The van der Waals surface area contributed by atoms with Crippen LogP contribution in [0.2, 0.25) is 0 Å². The van der Waals surface area contributed by atoms with Crippen molar-refractivity contribution >= 4 is 21.9 Å². The van der Waals surface area contributed by atoms with Crippen molar-refractivity contribution in [2.24, 2.45) is 0 Å². The van der Waals surface area contributed by atoms with Crippen LogP contribution in [0.5, 0.6) is 5.75 Å². The third kappa shape index (κ3) is 3.39. The van der Waals surface area contributed by atoms with Crippen LogP contribution < -0.4 is 4.74 Å². The molecule has 0 aromatic heterocycles. The Morgan fingerprint density at radius 2 is 1.60 bits per heavy atom. The molecule has 0 unspecified atom stereocenters. The maximum atomic E-state index is 12.8. The zero-order valence-corrected chi connectivity index (χ0v) is 11.5. The summed E-state index contributed by atoms with van der Waals surface area (Å²) in [7, 11) is 0. The lowest BCUT2D eigenvalue weighted by Crippen LogP contribution is -2.13. The summed E-state index contributed by atoms with van der Waals surface area (Å²) in [5.74, 6) is -1.35. The Balaban J connectivity index is 2.26. The van der Waals surface area contributed by atoms with Gasteiger partial charge in [-0.05, 0) is 36.4 Å². The minimum absolute atomic E-state index is 0.171. The van der Waals surface area contributed by atoms with E-state index in [0.717, 1.165) is 16.6 Å². The molecule has 0 aliphatic rings. The highest BCUT2D eigenvalue weighted by molar-refractivity contribution is 9.10. The van der Waals surface area contributed by atoms with E-state index in [1.54, 1.807) is 12.1 Å². The van der Waals surface area contributed by atoms with Crippen LogP contribution in [0.15, 0.2) is 53.0 Å². The maximum Gasteiger partial charge on any atom is 0.419 e. The van der Waals surface area contributed by atoms with Gasteiger partial charge in [-0.1, -0.05) is 28.1 Å². The molecule has 2 rings (SSSR count). The molecule has 0 spiro atoms. The van der Waals surface area contributed by atoms with Crippen LogP contribution >= 0.6 is 15.9 Å². The van der Waals surface area contributed by atoms with Gasteiger partial charge in [-0.3, -0.25) is 0 Å². The van der Waals surface area contributed by atoms with Gasteiger partial charge in [-0.15, -0.1) is 0 Å². The van der Waals surface area contributed by atoms with Crippen molar-refractivity contribution in [3.63, 3.8) is 0 Å². The fourth-order valence-corrected chi connectivity index (χ4v) is 1.80. The molecule has 0 heterocycles. The molecule has 2 aromatic carbocycles. The molecule has 0 bridgehead atoms. The van der Waals surface area contributed by atoms with E-state index >= 15 is 0 Å². The Morgan fingerprint density at radius 3 is 2.20 bits per heavy atom. The van der Waals surface area contributed by atoms with Crippen LogP contribution in [0.1, 0.15) is 15.9 Å². The number of rotatable bonds is 2. The Bertz CT molecular complexity index is 621. The minimum Gasteiger partial charge on any atom is -0.422 e. The molecular weight excluding hydrogens is 337 g/mol. The van der Waals surface area contributed by atoms with Crippen LogP contribution in [0.4, 0.5) is 13.2 Å². The highest BCUT2D eigenvalue weighted by atomic mass is 79.9. The normalized spacial score (nSPS) is 11.2. The van der Waals surface area contributed by atoms with Crippen LogP contribution in [-0.4, -0.2) is 5.97 Å². The van der Waals surface area contributed by atoms with E-state index < -0.39 is 23.5 Å². The van der Waals surface area contributed by atoms with Crippen molar-refractivity contribution in [3.05, 3.63) is 64.1 Å². The molecule has 0 radical (unpaired) electrons. The van der Waals surface area contributed by atoms with E-state index in [-0.39, 0.29) is 5.56 Å². The van der Waals surface area contributed by atoms with Gasteiger partial charge in [0, 0.05) is 4.47 Å². The standard InChI is InChI=1S/C14H8BrF3O2/c15-10-7-5-9(6-8-10)13(19)20-12-4-2-1-3-11(12)14(16,17)18/h1-8H. The Hall–Kier alpha value is -1.82. The number of hydrogen-bond acceptors (Lipinski definition) is 2. The third-order valence-corrected chi connectivity index (χ3v) is 3.00. The smallest absolute Gasteiger partial charge is 0.419 e. The molecule has 0 atom stereocenters. The van der Waals surface area contributed by atoms with E-state index in [9.17, 15) is 18.0 Å². The average Bonchev–Trinajstić information content (AvgIpc) is 2.38. The highest BCUT2D eigenvalue weighted by Gasteiger charge is 2.34. The lowest BCUT2D eigenvalue weighted by Gasteiger charge is -2.12. The molecule has 0 amide bonds. The van der Waals surface area contributed by atoms with Gasteiger partial charge in [0.1, 0.15) is 5.75 Å². The van der Waals surface area contributed by atoms with E-state index in [1.807, 2.05) is 0 Å². The number of benzene rings is 2. The lowest BCUT2D eigenvalue weighted by atomic mass is 10.2. The zero-order chi connectivity index (χ0) is 14.8. The van der Waals surface area contributed by atoms with E-state index in [0.29, 0.717) is 0 Å². The number of halogens is 4. The summed E-state index contributed by atoms with van der Waals surface area (Å²) in [6, 6.07) is 10.7. The van der Waals surface area contributed by atoms with Gasteiger partial charge in [0.2, 0.25) is 0 Å². The van der Waals surface area contributed by atoms with Crippen LogP contribution in [0.3, 0.4) is 0 Å². The number of hydrogen-bond donors (Lipinski definition) is 0. The number of alkyl halides is 3. The quantitative estimate of drug-likeness (QED) is 0.583. The molecule has 104 valence electrons. The molecule has 2 aromatic rings. The summed E-state index contributed by atoms with van der Waals surface area (Å²) in [6.07, 6.45) is -4.57. The number of carbonyl (C=O) groups excluding carboxylic acids is 1. The van der Waals surface area contributed by atoms with Crippen molar-refractivity contribution in [2.75, 3.05) is 0 Å². The molecule has 20 heavy (non-hydrogen) atoms. The van der Waals surface area contributed by atoms with Crippen molar-refractivity contribution in [1.29, 1.82) is 0 Å².